The van der Waals surface area contributed by atoms with Gasteiger partial charge in [-0.05, 0) is 50.2 Å². The molecule has 4 rings (SSSR count). The van der Waals surface area contributed by atoms with Gasteiger partial charge in [-0.15, -0.1) is 0 Å². The van der Waals surface area contributed by atoms with Crippen molar-refractivity contribution in [3.8, 4) is 11.4 Å². The lowest BCUT2D eigenvalue weighted by Crippen LogP contribution is -2.44. The maximum absolute atomic E-state index is 13.0. The van der Waals surface area contributed by atoms with Crippen molar-refractivity contribution in [2.45, 2.75) is 30.5 Å². The summed E-state index contributed by atoms with van der Waals surface area (Å²) in [5, 5.41) is 5.43. The number of pyridine rings is 1. The number of anilines is 2. The summed E-state index contributed by atoms with van der Waals surface area (Å²) >= 11 is 0. The van der Waals surface area contributed by atoms with E-state index in [-0.39, 0.29) is 22.7 Å². The number of ether oxygens (including phenoxy) is 1. The van der Waals surface area contributed by atoms with Gasteiger partial charge in [-0.25, -0.2) is 23.2 Å². The van der Waals surface area contributed by atoms with Crippen LogP contribution in [0.3, 0.4) is 0 Å². The van der Waals surface area contributed by atoms with Gasteiger partial charge in [0.15, 0.2) is 15.7 Å². The third-order valence-corrected chi connectivity index (χ3v) is 7.18. The minimum atomic E-state index is -3.63. The van der Waals surface area contributed by atoms with Crippen LogP contribution in [0, 0.1) is 0 Å². The van der Waals surface area contributed by atoms with Crippen LogP contribution >= 0.6 is 0 Å². The molecule has 1 aromatic carbocycles. The van der Waals surface area contributed by atoms with Crippen molar-refractivity contribution < 1.29 is 17.9 Å². The Balaban J connectivity index is 1.68. The molecule has 10 nitrogen and oxygen atoms in total. The number of nitrogens with one attached hydrogen (secondary N) is 2. The Morgan fingerprint density at radius 2 is 1.89 bits per heavy atom. The molecule has 11 heteroatoms. The summed E-state index contributed by atoms with van der Waals surface area (Å²) in [6, 6.07) is 11.6. The zero-order chi connectivity index (χ0) is 24.8. The maximum Gasteiger partial charge on any atom is 0.319 e. The van der Waals surface area contributed by atoms with Gasteiger partial charge in [-0.2, -0.15) is 0 Å². The first-order chi connectivity index (χ1) is 16.9. The standard InChI is InChI=1S/C24H28N6O4S/c1-3-26-24(31)28-19-6-4-18(5-7-19)23-27-20(16-35(32,33)21-8-10-25-11-9-21)14-22(29-23)30-12-13-34-15-17(30)2/h4-11,14,17H,3,12-13,15-16H2,1-2H3,(H2,26,28,31)/t17-/m0/s1. The fraction of sp³-hybridized carbons (Fsp3) is 0.333. The summed E-state index contributed by atoms with van der Waals surface area (Å²) in [4.78, 5) is 27.3. The normalized spacial score (nSPS) is 16.1. The van der Waals surface area contributed by atoms with E-state index in [1.165, 1.54) is 24.5 Å². The number of nitrogens with zero attached hydrogens (tertiary/aromatic N) is 4. The van der Waals surface area contributed by atoms with Gasteiger partial charge in [0.25, 0.3) is 0 Å². The van der Waals surface area contributed by atoms with Crippen molar-refractivity contribution in [2.75, 3.05) is 36.5 Å². The summed E-state index contributed by atoms with van der Waals surface area (Å²) in [5.74, 6) is 0.788. The zero-order valence-electron chi connectivity index (χ0n) is 19.6. The van der Waals surface area contributed by atoms with Gasteiger partial charge in [-0.1, -0.05) is 0 Å². The van der Waals surface area contributed by atoms with Gasteiger partial charge in [0.05, 0.1) is 35.6 Å². The summed E-state index contributed by atoms with van der Waals surface area (Å²) in [5.41, 5.74) is 1.72. The maximum atomic E-state index is 13.0. The van der Waals surface area contributed by atoms with Crippen LogP contribution in [0.1, 0.15) is 19.5 Å². The molecule has 1 atom stereocenters. The molecule has 2 N–H and O–H groups in total. The van der Waals surface area contributed by atoms with E-state index in [2.05, 4.69) is 25.5 Å². The summed E-state index contributed by atoms with van der Waals surface area (Å²) in [7, 11) is -3.63. The molecule has 0 saturated carbocycles. The number of hydrogen-bond acceptors (Lipinski definition) is 8. The predicted octanol–water partition coefficient (Wildman–Crippen LogP) is 2.88. The topological polar surface area (TPSA) is 126 Å². The summed E-state index contributed by atoms with van der Waals surface area (Å²) < 4.78 is 31.6. The fourth-order valence-corrected chi connectivity index (χ4v) is 5.00. The molecule has 1 aliphatic heterocycles. The smallest absolute Gasteiger partial charge is 0.319 e. The molecule has 184 valence electrons. The third-order valence-electron chi connectivity index (χ3n) is 5.51. The van der Waals surface area contributed by atoms with E-state index in [0.29, 0.717) is 54.9 Å². The molecule has 1 saturated heterocycles. The first kappa shape index (κ1) is 24.6. The van der Waals surface area contributed by atoms with Crippen LogP contribution in [0.15, 0.2) is 59.8 Å². The van der Waals surface area contributed by atoms with Gasteiger partial charge in [-0.3, -0.25) is 4.98 Å². The second-order valence-corrected chi connectivity index (χ2v) is 10.2. The molecule has 0 aliphatic carbocycles. The number of sulfone groups is 1. The molecule has 2 amide bonds. The lowest BCUT2D eigenvalue weighted by Gasteiger charge is -2.34. The monoisotopic (exact) mass is 496 g/mol. The third kappa shape index (κ3) is 6.11. The largest absolute Gasteiger partial charge is 0.377 e. The molecule has 0 unspecified atom stereocenters. The van der Waals surface area contributed by atoms with E-state index in [0.717, 1.165) is 0 Å². The highest BCUT2D eigenvalue weighted by molar-refractivity contribution is 7.90. The number of aromatic nitrogens is 3. The fourth-order valence-electron chi connectivity index (χ4n) is 3.76. The summed E-state index contributed by atoms with van der Waals surface area (Å²) in [6.07, 6.45) is 2.91. The molecular formula is C24H28N6O4S. The number of morpholine rings is 1. The van der Waals surface area contributed by atoms with E-state index >= 15 is 0 Å². The van der Waals surface area contributed by atoms with Crippen molar-refractivity contribution in [1.82, 2.24) is 20.3 Å². The Hall–Kier alpha value is -3.57. The van der Waals surface area contributed by atoms with Crippen molar-refractivity contribution >= 4 is 27.4 Å². The van der Waals surface area contributed by atoms with Crippen LogP contribution in [-0.2, 0) is 20.3 Å². The quantitative estimate of drug-likeness (QED) is 0.511. The van der Waals surface area contributed by atoms with Crippen LogP contribution in [0.2, 0.25) is 0 Å². The first-order valence-corrected chi connectivity index (χ1v) is 13.0. The molecule has 3 heterocycles. The SMILES string of the molecule is CCNC(=O)Nc1ccc(-c2nc(CS(=O)(=O)c3ccncc3)cc(N3CCOC[C@@H]3C)n2)cc1. The molecule has 35 heavy (non-hydrogen) atoms. The van der Waals surface area contributed by atoms with Crippen LogP contribution in [0.25, 0.3) is 11.4 Å². The predicted molar refractivity (Wildman–Crippen MR) is 133 cm³/mol. The number of urea groups is 1. The average molecular weight is 497 g/mol. The van der Waals surface area contributed by atoms with Crippen molar-refractivity contribution in [1.29, 1.82) is 0 Å². The number of amides is 2. The molecule has 0 spiro atoms. The number of carbonyl (C=O) groups is 1. The Morgan fingerprint density at radius 3 is 2.57 bits per heavy atom. The number of benzene rings is 1. The Labute approximate surface area is 204 Å². The number of hydrogen-bond donors (Lipinski definition) is 2. The summed E-state index contributed by atoms with van der Waals surface area (Å²) in [6.45, 7) is 6.17. The van der Waals surface area contributed by atoms with Gasteiger partial charge in [0, 0.05) is 42.8 Å². The molecule has 0 bridgehead atoms. The second-order valence-electron chi connectivity index (χ2n) is 8.16. The number of carbonyl (C=O) groups excluding carboxylic acids is 1. The second kappa shape index (κ2) is 10.8. The molecule has 3 aromatic rings. The Bertz CT molecular complexity index is 1270. The highest BCUT2D eigenvalue weighted by Gasteiger charge is 2.24. The molecule has 2 aromatic heterocycles. The van der Waals surface area contributed by atoms with E-state index in [1.54, 1.807) is 30.3 Å². The van der Waals surface area contributed by atoms with E-state index in [9.17, 15) is 13.2 Å². The van der Waals surface area contributed by atoms with Gasteiger partial charge in [0.2, 0.25) is 0 Å². The van der Waals surface area contributed by atoms with Crippen molar-refractivity contribution in [3.63, 3.8) is 0 Å². The van der Waals surface area contributed by atoms with E-state index < -0.39 is 9.84 Å². The highest BCUT2D eigenvalue weighted by Crippen LogP contribution is 2.26. The van der Waals surface area contributed by atoms with Crippen LogP contribution in [0.5, 0.6) is 0 Å². The van der Waals surface area contributed by atoms with E-state index in [4.69, 9.17) is 9.72 Å². The zero-order valence-corrected chi connectivity index (χ0v) is 20.5. The lowest BCUT2D eigenvalue weighted by molar-refractivity contribution is 0.0985. The van der Waals surface area contributed by atoms with Crippen molar-refractivity contribution in [2.24, 2.45) is 0 Å². The minimum absolute atomic E-state index is 0.0832. The van der Waals surface area contributed by atoms with Gasteiger partial charge >= 0.3 is 6.03 Å². The highest BCUT2D eigenvalue weighted by atomic mass is 32.2. The molecule has 0 radical (unpaired) electrons. The van der Waals surface area contributed by atoms with E-state index in [1.807, 2.05) is 13.8 Å². The van der Waals surface area contributed by atoms with Gasteiger partial charge in [0.1, 0.15) is 5.82 Å². The molecular weight excluding hydrogens is 468 g/mol. The number of rotatable bonds is 7. The lowest BCUT2D eigenvalue weighted by atomic mass is 10.2. The van der Waals surface area contributed by atoms with Gasteiger partial charge < -0.3 is 20.3 Å². The van der Waals surface area contributed by atoms with Crippen LogP contribution in [-0.4, -0.2) is 61.7 Å². The Kier molecular flexibility index (Phi) is 7.57. The average Bonchev–Trinajstić information content (AvgIpc) is 2.85. The Morgan fingerprint density at radius 1 is 1.14 bits per heavy atom. The van der Waals surface area contributed by atoms with Crippen LogP contribution < -0.4 is 15.5 Å². The molecule has 1 fully saturated rings. The van der Waals surface area contributed by atoms with Crippen LogP contribution in [0.4, 0.5) is 16.3 Å². The minimum Gasteiger partial charge on any atom is -0.377 e. The first-order valence-electron chi connectivity index (χ1n) is 11.4. The van der Waals surface area contributed by atoms with Crippen molar-refractivity contribution in [3.05, 3.63) is 60.6 Å². The molecule has 1 aliphatic rings.